The van der Waals surface area contributed by atoms with Gasteiger partial charge >= 0.3 is 0 Å². The fourth-order valence-electron chi connectivity index (χ4n) is 3.53. The molecule has 0 saturated heterocycles. The van der Waals surface area contributed by atoms with E-state index in [1.165, 1.54) is 12.4 Å². The predicted octanol–water partition coefficient (Wildman–Crippen LogP) is 3.95. The zero-order chi connectivity index (χ0) is 21.6. The Labute approximate surface area is 174 Å². The summed E-state index contributed by atoms with van der Waals surface area (Å²) in [7, 11) is -1.93. The number of halogens is 1. The molecule has 2 N–H and O–H groups in total. The summed E-state index contributed by atoms with van der Waals surface area (Å²) in [6.07, 6.45) is 3.07. The van der Waals surface area contributed by atoms with Crippen LogP contribution in [0, 0.1) is 19.7 Å². The summed E-state index contributed by atoms with van der Waals surface area (Å²) in [5.74, 6) is -0.796. The largest absolute Gasteiger partial charge is 0.383 e. The van der Waals surface area contributed by atoms with Crippen LogP contribution in [0.4, 0.5) is 10.2 Å². The molecule has 0 aliphatic carbocycles. The number of aromatic nitrogens is 3. The Balaban J connectivity index is 1.81. The molecule has 0 bridgehead atoms. The summed E-state index contributed by atoms with van der Waals surface area (Å²) in [6, 6.07) is 9.67. The van der Waals surface area contributed by atoms with Gasteiger partial charge in [0.15, 0.2) is 9.84 Å². The van der Waals surface area contributed by atoms with Gasteiger partial charge in [-0.05, 0) is 37.1 Å². The van der Waals surface area contributed by atoms with E-state index in [0.717, 1.165) is 11.1 Å². The van der Waals surface area contributed by atoms with Gasteiger partial charge in [-0.15, -0.1) is 0 Å². The molecule has 0 aliphatic heterocycles. The predicted molar refractivity (Wildman–Crippen MR) is 115 cm³/mol. The van der Waals surface area contributed by atoms with Crippen LogP contribution < -0.4 is 5.73 Å². The Hall–Kier alpha value is -3.26. The number of aryl methyl sites for hydroxylation is 3. The van der Waals surface area contributed by atoms with E-state index < -0.39 is 21.4 Å². The Morgan fingerprint density at radius 1 is 1.07 bits per heavy atom. The van der Waals surface area contributed by atoms with E-state index in [2.05, 4.69) is 9.97 Å². The number of nitrogen functional groups attached to an aromatic ring is 1. The summed E-state index contributed by atoms with van der Waals surface area (Å²) < 4.78 is 43.0. The molecule has 0 aliphatic rings. The van der Waals surface area contributed by atoms with Crippen LogP contribution in [-0.2, 0) is 22.6 Å². The molecule has 4 aromatic rings. The third kappa shape index (κ3) is 3.33. The van der Waals surface area contributed by atoms with E-state index in [0.29, 0.717) is 16.6 Å². The molecular weight excluding hydrogens is 403 g/mol. The third-order valence-corrected chi connectivity index (χ3v) is 7.00. The molecule has 4 rings (SSSR count). The number of hydrogen-bond acceptors (Lipinski definition) is 5. The van der Waals surface area contributed by atoms with Crippen molar-refractivity contribution in [2.45, 2.75) is 24.5 Å². The maximum atomic E-state index is 15.5. The highest BCUT2D eigenvalue weighted by Gasteiger charge is 2.22. The summed E-state index contributed by atoms with van der Waals surface area (Å²) in [4.78, 5) is 8.39. The van der Waals surface area contributed by atoms with Crippen molar-refractivity contribution in [3.63, 3.8) is 0 Å². The molecule has 0 atom stereocenters. The van der Waals surface area contributed by atoms with Crippen molar-refractivity contribution in [3.8, 4) is 11.1 Å². The molecule has 0 amide bonds. The van der Waals surface area contributed by atoms with Crippen LogP contribution in [0.3, 0.4) is 0 Å². The second-order valence-electron chi connectivity index (χ2n) is 7.40. The molecular formula is C22H21FN4O2S. The molecule has 8 heteroatoms. The molecule has 154 valence electrons. The van der Waals surface area contributed by atoms with Gasteiger partial charge in [0.25, 0.3) is 0 Å². The minimum absolute atomic E-state index is 0.0955. The zero-order valence-electron chi connectivity index (χ0n) is 16.8. The highest BCUT2D eigenvalue weighted by atomic mass is 32.2. The maximum Gasteiger partial charge on any atom is 0.182 e. The fourth-order valence-corrected chi connectivity index (χ4v) is 4.96. The molecule has 0 fully saturated rings. The minimum atomic E-state index is -3.71. The van der Waals surface area contributed by atoms with Crippen molar-refractivity contribution in [1.82, 2.24) is 14.5 Å². The highest BCUT2D eigenvalue weighted by molar-refractivity contribution is 7.90. The van der Waals surface area contributed by atoms with Crippen molar-refractivity contribution < 1.29 is 12.8 Å². The maximum absolute atomic E-state index is 15.5. The van der Waals surface area contributed by atoms with E-state index in [9.17, 15) is 8.42 Å². The fraction of sp³-hybridized carbons (Fsp3) is 0.182. The van der Waals surface area contributed by atoms with E-state index in [4.69, 9.17) is 5.73 Å². The molecule has 2 aromatic carbocycles. The van der Waals surface area contributed by atoms with E-state index in [1.54, 1.807) is 48.1 Å². The normalized spacial score (nSPS) is 11.9. The van der Waals surface area contributed by atoms with Crippen molar-refractivity contribution in [2.24, 2.45) is 7.05 Å². The number of hydrogen-bond donors (Lipinski definition) is 1. The topological polar surface area (TPSA) is 90.9 Å². The Kier molecular flexibility index (Phi) is 4.82. The highest BCUT2D eigenvalue weighted by Crippen LogP contribution is 2.35. The molecule has 6 nitrogen and oxygen atoms in total. The Bertz CT molecular complexity index is 1390. The van der Waals surface area contributed by atoms with Gasteiger partial charge in [0.2, 0.25) is 0 Å². The van der Waals surface area contributed by atoms with Crippen LogP contribution >= 0.6 is 0 Å². The van der Waals surface area contributed by atoms with Gasteiger partial charge in [-0.1, -0.05) is 24.3 Å². The van der Waals surface area contributed by atoms with Crippen molar-refractivity contribution in [3.05, 3.63) is 71.4 Å². The summed E-state index contributed by atoms with van der Waals surface area (Å²) in [6.45, 7) is 3.76. The van der Waals surface area contributed by atoms with Crippen molar-refractivity contribution >= 4 is 26.7 Å². The summed E-state index contributed by atoms with van der Waals surface area (Å²) >= 11 is 0. The Morgan fingerprint density at radius 3 is 2.57 bits per heavy atom. The zero-order valence-corrected chi connectivity index (χ0v) is 17.7. The lowest BCUT2D eigenvalue weighted by Gasteiger charge is -2.10. The first kappa shape index (κ1) is 20.0. The lowest BCUT2D eigenvalue weighted by molar-refractivity contribution is 0.588. The number of benzene rings is 2. The summed E-state index contributed by atoms with van der Waals surface area (Å²) in [5.41, 5.74) is 9.34. The summed E-state index contributed by atoms with van der Waals surface area (Å²) in [5, 5.41) is 0.535. The van der Waals surface area contributed by atoms with Gasteiger partial charge in [0.1, 0.15) is 23.6 Å². The molecule has 0 radical (unpaired) electrons. The van der Waals surface area contributed by atoms with Crippen LogP contribution in [0.5, 0.6) is 0 Å². The lowest BCUT2D eigenvalue weighted by atomic mass is 10.0. The molecule has 2 heterocycles. The number of fused-ring (bicyclic) bond motifs is 1. The van der Waals surface area contributed by atoms with Gasteiger partial charge in [-0.25, -0.2) is 22.8 Å². The molecule has 0 spiro atoms. The smallest absolute Gasteiger partial charge is 0.182 e. The number of nitrogens with two attached hydrogens (primary N) is 1. The van der Waals surface area contributed by atoms with E-state index in [1.807, 2.05) is 13.8 Å². The first-order valence-electron chi connectivity index (χ1n) is 9.32. The monoisotopic (exact) mass is 424 g/mol. The van der Waals surface area contributed by atoms with Gasteiger partial charge < -0.3 is 10.3 Å². The average molecular weight is 425 g/mol. The average Bonchev–Trinajstić information content (AvgIpc) is 3.03. The first-order valence-corrected chi connectivity index (χ1v) is 11.0. The lowest BCUT2D eigenvalue weighted by Crippen LogP contribution is -2.07. The van der Waals surface area contributed by atoms with Crippen LogP contribution in [0.15, 0.2) is 53.8 Å². The second-order valence-corrected chi connectivity index (χ2v) is 9.38. The van der Waals surface area contributed by atoms with Crippen LogP contribution in [0.1, 0.15) is 16.7 Å². The first-order chi connectivity index (χ1) is 14.2. The Morgan fingerprint density at radius 2 is 1.83 bits per heavy atom. The SMILES string of the molecule is Cc1ccc(S(=O)(=O)Cc2cccc(-c3cn(C)c4ncnc(N)c34)c2F)cc1C. The van der Waals surface area contributed by atoms with E-state index >= 15 is 4.39 Å². The standard InChI is InChI=1S/C22H21FN4O2S/c1-13-7-8-16(9-14(13)2)30(28,29)11-15-5-4-6-17(20(15)23)18-10-27(3)22-19(18)21(24)25-12-26-22/h4-10,12H,11H2,1-3H3,(H2,24,25,26). The number of rotatable bonds is 4. The molecule has 0 unspecified atom stereocenters. The van der Waals surface area contributed by atoms with Crippen LogP contribution in [0.2, 0.25) is 0 Å². The van der Waals surface area contributed by atoms with E-state index in [-0.39, 0.29) is 21.8 Å². The van der Waals surface area contributed by atoms with Gasteiger partial charge in [-0.3, -0.25) is 0 Å². The number of anilines is 1. The van der Waals surface area contributed by atoms with Crippen LogP contribution in [0.25, 0.3) is 22.2 Å². The molecule has 30 heavy (non-hydrogen) atoms. The van der Waals surface area contributed by atoms with Gasteiger partial charge in [-0.2, -0.15) is 0 Å². The van der Waals surface area contributed by atoms with Crippen LogP contribution in [-0.4, -0.2) is 23.0 Å². The third-order valence-electron chi connectivity index (χ3n) is 5.33. The van der Waals surface area contributed by atoms with Gasteiger partial charge in [0, 0.05) is 29.9 Å². The van der Waals surface area contributed by atoms with Gasteiger partial charge in [0.05, 0.1) is 16.0 Å². The molecule has 2 aromatic heterocycles. The number of nitrogens with zero attached hydrogens (tertiary/aromatic N) is 3. The quantitative estimate of drug-likeness (QED) is 0.536. The minimum Gasteiger partial charge on any atom is -0.383 e. The van der Waals surface area contributed by atoms with Crippen molar-refractivity contribution in [1.29, 1.82) is 0 Å². The number of sulfone groups is 1. The molecule has 0 saturated carbocycles. The van der Waals surface area contributed by atoms with Crippen molar-refractivity contribution in [2.75, 3.05) is 5.73 Å². The second kappa shape index (κ2) is 7.21.